The van der Waals surface area contributed by atoms with Crippen molar-refractivity contribution in [1.29, 1.82) is 0 Å². The standard InChI is InChI=1S/C28H24N2O2/c1-29-23-12-10-19(32-4)15-22(23)27-25(29)16-20(17-8-6-5-7-9-17)26-21-14-18(31-3)11-13-24(21)30(2)28(26)27/h5-16H,1-4H3. The summed E-state index contributed by atoms with van der Waals surface area (Å²) >= 11 is 0. The summed E-state index contributed by atoms with van der Waals surface area (Å²) in [6.45, 7) is 0. The van der Waals surface area contributed by atoms with Gasteiger partial charge in [-0.2, -0.15) is 0 Å². The number of rotatable bonds is 3. The van der Waals surface area contributed by atoms with Crippen LogP contribution in [0.5, 0.6) is 11.5 Å². The highest BCUT2D eigenvalue weighted by Gasteiger charge is 2.21. The highest BCUT2D eigenvalue weighted by molar-refractivity contribution is 6.29. The molecule has 0 atom stereocenters. The van der Waals surface area contributed by atoms with Gasteiger partial charge in [-0.25, -0.2) is 0 Å². The minimum absolute atomic E-state index is 0.865. The molecule has 0 aliphatic rings. The average Bonchev–Trinajstić information content (AvgIpc) is 3.29. The molecule has 0 spiro atoms. The van der Waals surface area contributed by atoms with Crippen molar-refractivity contribution in [2.45, 2.75) is 0 Å². The van der Waals surface area contributed by atoms with Crippen LogP contribution in [-0.4, -0.2) is 23.4 Å². The molecule has 158 valence electrons. The minimum Gasteiger partial charge on any atom is -0.497 e. The van der Waals surface area contributed by atoms with Gasteiger partial charge in [0.25, 0.3) is 0 Å². The van der Waals surface area contributed by atoms with Crippen molar-refractivity contribution in [1.82, 2.24) is 9.13 Å². The first-order valence-electron chi connectivity index (χ1n) is 10.7. The van der Waals surface area contributed by atoms with Crippen molar-refractivity contribution in [2.75, 3.05) is 14.2 Å². The number of ether oxygens (including phenoxy) is 2. The summed E-state index contributed by atoms with van der Waals surface area (Å²) in [4.78, 5) is 0. The van der Waals surface area contributed by atoms with E-state index in [0.29, 0.717) is 0 Å². The first kappa shape index (κ1) is 18.8. The summed E-state index contributed by atoms with van der Waals surface area (Å²) in [5.74, 6) is 1.73. The summed E-state index contributed by atoms with van der Waals surface area (Å²) in [7, 11) is 7.74. The lowest BCUT2D eigenvalue weighted by Crippen LogP contribution is -1.91. The van der Waals surface area contributed by atoms with Crippen molar-refractivity contribution in [3.05, 3.63) is 72.8 Å². The third kappa shape index (κ3) is 2.43. The normalized spacial score (nSPS) is 11.8. The molecule has 4 nitrogen and oxygen atoms in total. The topological polar surface area (TPSA) is 28.3 Å². The summed E-state index contributed by atoms with van der Waals surface area (Å²) in [5, 5.41) is 4.89. The zero-order valence-electron chi connectivity index (χ0n) is 18.6. The van der Waals surface area contributed by atoms with Gasteiger partial charge in [0.05, 0.1) is 25.3 Å². The molecule has 2 aromatic heterocycles. The quantitative estimate of drug-likeness (QED) is 0.320. The molecule has 4 heteroatoms. The third-order valence-corrected chi connectivity index (χ3v) is 6.73. The Morgan fingerprint density at radius 3 is 1.81 bits per heavy atom. The van der Waals surface area contributed by atoms with Gasteiger partial charge in [0, 0.05) is 46.7 Å². The largest absolute Gasteiger partial charge is 0.497 e. The molecule has 32 heavy (non-hydrogen) atoms. The van der Waals surface area contributed by atoms with Crippen molar-refractivity contribution in [2.24, 2.45) is 14.1 Å². The zero-order chi connectivity index (χ0) is 22.0. The van der Waals surface area contributed by atoms with E-state index in [4.69, 9.17) is 9.47 Å². The maximum absolute atomic E-state index is 5.59. The minimum atomic E-state index is 0.865. The van der Waals surface area contributed by atoms with Crippen LogP contribution in [0.1, 0.15) is 0 Å². The Labute approximate surface area is 186 Å². The Kier molecular flexibility index (Phi) is 3.99. The van der Waals surface area contributed by atoms with E-state index >= 15 is 0 Å². The number of fused-ring (bicyclic) bond motifs is 7. The summed E-state index contributed by atoms with van der Waals surface area (Å²) in [6, 6.07) is 25.6. The van der Waals surface area contributed by atoms with Crippen LogP contribution in [-0.2, 0) is 14.1 Å². The Morgan fingerprint density at radius 1 is 0.594 bits per heavy atom. The Morgan fingerprint density at radius 2 is 1.19 bits per heavy atom. The van der Waals surface area contributed by atoms with Gasteiger partial charge < -0.3 is 18.6 Å². The first-order chi connectivity index (χ1) is 15.6. The molecule has 0 aliphatic heterocycles. The number of hydrogen-bond donors (Lipinski definition) is 0. The van der Waals surface area contributed by atoms with E-state index in [2.05, 4.69) is 83.9 Å². The molecule has 0 fully saturated rings. The molecule has 0 saturated heterocycles. The van der Waals surface area contributed by atoms with Crippen molar-refractivity contribution in [3.8, 4) is 22.6 Å². The maximum Gasteiger partial charge on any atom is 0.119 e. The second kappa shape index (κ2) is 6.79. The number of benzene rings is 4. The van der Waals surface area contributed by atoms with E-state index < -0.39 is 0 Å². The number of aryl methyl sites for hydroxylation is 2. The van der Waals surface area contributed by atoms with Crippen LogP contribution >= 0.6 is 0 Å². The van der Waals surface area contributed by atoms with Crippen LogP contribution in [0.3, 0.4) is 0 Å². The van der Waals surface area contributed by atoms with Gasteiger partial charge in [-0.05, 0) is 53.6 Å². The smallest absolute Gasteiger partial charge is 0.119 e. The van der Waals surface area contributed by atoms with Crippen LogP contribution in [0.25, 0.3) is 54.7 Å². The summed E-state index contributed by atoms with van der Waals surface area (Å²) in [5.41, 5.74) is 7.24. The van der Waals surface area contributed by atoms with Crippen LogP contribution in [0.2, 0.25) is 0 Å². The fraction of sp³-hybridized carbons (Fsp3) is 0.143. The van der Waals surface area contributed by atoms with E-state index in [1.807, 2.05) is 12.1 Å². The summed E-state index contributed by atoms with van der Waals surface area (Å²) < 4.78 is 15.8. The monoisotopic (exact) mass is 420 g/mol. The lowest BCUT2D eigenvalue weighted by molar-refractivity contribution is 0.415. The van der Waals surface area contributed by atoms with Crippen molar-refractivity contribution >= 4 is 43.6 Å². The zero-order valence-corrected chi connectivity index (χ0v) is 18.6. The Hall–Kier alpha value is -3.92. The molecule has 0 aliphatic carbocycles. The molecule has 0 saturated carbocycles. The molecule has 6 rings (SSSR count). The maximum atomic E-state index is 5.59. The summed E-state index contributed by atoms with van der Waals surface area (Å²) in [6.07, 6.45) is 0. The first-order valence-corrected chi connectivity index (χ1v) is 10.7. The average molecular weight is 421 g/mol. The lowest BCUT2D eigenvalue weighted by atomic mass is 9.96. The highest BCUT2D eigenvalue weighted by Crippen LogP contribution is 2.45. The van der Waals surface area contributed by atoms with E-state index in [1.165, 1.54) is 54.7 Å². The molecule has 6 aromatic rings. The van der Waals surface area contributed by atoms with Crippen LogP contribution in [0.15, 0.2) is 72.8 Å². The molecule has 0 unspecified atom stereocenters. The van der Waals surface area contributed by atoms with Crippen LogP contribution in [0, 0.1) is 0 Å². The van der Waals surface area contributed by atoms with Gasteiger partial charge in [0.2, 0.25) is 0 Å². The number of aromatic nitrogens is 2. The molecular formula is C28H24N2O2. The predicted molar refractivity (Wildman–Crippen MR) is 133 cm³/mol. The SMILES string of the molecule is COc1ccc2c(c1)c1c(cc(-c3ccccc3)c3c4cc(OC)ccc4n(C)c31)n2C. The molecule has 0 amide bonds. The molecule has 0 radical (unpaired) electrons. The van der Waals surface area contributed by atoms with E-state index in [-0.39, 0.29) is 0 Å². The van der Waals surface area contributed by atoms with Gasteiger partial charge in [-0.1, -0.05) is 30.3 Å². The van der Waals surface area contributed by atoms with Crippen molar-refractivity contribution in [3.63, 3.8) is 0 Å². The molecule has 0 N–H and O–H groups in total. The second-order valence-corrected chi connectivity index (χ2v) is 8.29. The van der Waals surface area contributed by atoms with Gasteiger partial charge in [0.15, 0.2) is 0 Å². The highest BCUT2D eigenvalue weighted by atomic mass is 16.5. The molecular weight excluding hydrogens is 396 g/mol. The molecule has 2 heterocycles. The van der Waals surface area contributed by atoms with E-state index in [9.17, 15) is 0 Å². The fourth-order valence-corrected chi connectivity index (χ4v) is 5.16. The van der Waals surface area contributed by atoms with Crippen LogP contribution < -0.4 is 9.47 Å². The van der Waals surface area contributed by atoms with Gasteiger partial charge >= 0.3 is 0 Å². The van der Waals surface area contributed by atoms with E-state index in [1.54, 1.807) is 14.2 Å². The second-order valence-electron chi connectivity index (χ2n) is 8.29. The molecule has 0 bridgehead atoms. The third-order valence-electron chi connectivity index (χ3n) is 6.73. The Balaban J connectivity index is 1.92. The number of hydrogen-bond acceptors (Lipinski definition) is 2. The number of methoxy groups -OCH3 is 2. The van der Waals surface area contributed by atoms with Gasteiger partial charge in [-0.15, -0.1) is 0 Å². The Bertz CT molecular complexity index is 1660. The van der Waals surface area contributed by atoms with Gasteiger partial charge in [0.1, 0.15) is 11.5 Å². The van der Waals surface area contributed by atoms with Gasteiger partial charge in [-0.3, -0.25) is 0 Å². The van der Waals surface area contributed by atoms with Crippen molar-refractivity contribution < 1.29 is 9.47 Å². The fourth-order valence-electron chi connectivity index (χ4n) is 5.16. The lowest BCUT2D eigenvalue weighted by Gasteiger charge is -2.09. The predicted octanol–water partition coefficient (Wildman–Crippen LogP) is 6.66. The molecule has 4 aromatic carbocycles. The number of nitrogens with zero attached hydrogens (tertiary/aromatic N) is 2. The van der Waals surface area contributed by atoms with Crippen LogP contribution in [0.4, 0.5) is 0 Å². The van der Waals surface area contributed by atoms with E-state index in [0.717, 1.165) is 11.5 Å².